The second-order valence-corrected chi connectivity index (χ2v) is 4.81. The van der Waals surface area contributed by atoms with Crippen LogP contribution in [0.15, 0.2) is 48.5 Å². The molecule has 0 atom stereocenters. The molecule has 0 unspecified atom stereocenters. The zero-order valence-electron chi connectivity index (χ0n) is 12.8. The fourth-order valence-corrected chi connectivity index (χ4v) is 2.18. The zero-order chi connectivity index (χ0) is 15.6. The summed E-state index contributed by atoms with van der Waals surface area (Å²) >= 11 is 0. The number of hydrogen-bond acceptors (Lipinski definition) is 3. The summed E-state index contributed by atoms with van der Waals surface area (Å²) in [4.78, 5) is 0. The number of quaternary nitrogens is 1. The van der Waals surface area contributed by atoms with E-state index in [2.05, 4.69) is 6.07 Å². The number of para-hydroxylation sites is 1. The average molecular weight is 297 g/mol. The van der Waals surface area contributed by atoms with E-state index in [1.807, 2.05) is 60.8 Å². The van der Waals surface area contributed by atoms with E-state index in [0.717, 1.165) is 22.6 Å². The van der Waals surface area contributed by atoms with Crippen LogP contribution in [0.1, 0.15) is 18.1 Å². The first kappa shape index (κ1) is 15.9. The van der Waals surface area contributed by atoms with Gasteiger partial charge >= 0.3 is 0 Å². The maximum atomic E-state index is 8.67. The summed E-state index contributed by atoms with van der Waals surface area (Å²) < 4.78 is 11.7. The van der Waals surface area contributed by atoms with E-state index in [4.69, 9.17) is 14.7 Å². The molecule has 0 aromatic heterocycles. The standard InChI is InChI=1S/C18H20N2O2/c1-2-21-17-10-6-9-16(13-20-12-11-19)18(17)22-14-15-7-4-3-5-8-15/h3-10,20H,2,12-14H2,1H3/p+1. The smallest absolute Gasteiger partial charge is 0.170 e. The second-order valence-electron chi connectivity index (χ2n) is 4.81. The lowest BCUT2D eigenvalue weighted by molar-refractivity contribution is -0.660. The summed E-state index contributed by atoms with van der Waals surface area (Å²) in [5.41, 5.74) is 2.15. The summed E-state index contributed by atoms with van der Waals surface area (Å²) in [5, 5.41) is 10.6. The van der Waals surface area contributed by atoms with Crippen LogP contribution in [0.25, 0.3) is 0 Å². The van der Waals surface area contributed by atoms with Crippen molar-refractivity contribution in [2.45, 2.75) is 20.1 Å². The molecule has 114 valence electrons. The third-order valence-corrected chi connectivity index (χ3v) is 3.19. The number of nitrogens with two attached hydrogens (primary N) is 1. The fourth-order valence-electron chi connectivity index (χ4n) is 2.18. The molecule has 0 heterocycles. The highest BCUT2D eigenvalue weighted by Crippen LogP contribution is 2.31. The minimum atomic E-state index is 0.428. The average Bonchev–Trinajstić information content (AvgIpc) is 2.55. The van der Waals surface area contributed by atoms with E-state index in [-0.39, 0.29) is 0 Å². The van der Waals surface area contributed by atoms with Crippen LogP contribution in [-0.4, -0.2) is 13.2 Å². The molecule has 0 amide bonds. The molecule has 2 rings (SSSR count). The molecule has 0 aliphatic carbocycles. The Hall–Kier alpha value is -2.51. The van der Waals surface area contributed by atoms with Crippen LogP contribution in [0.5, 0.6) is 11.5 Å². The summed E-state index contributed by atoms with van der Waals surface area (Å²) in [5.74, 6) is 1.52. The van der Waals surface area contributed by atoms with Crippen molar-refractivity contribution < 1.29 is 14.8 Å². The molecule has 2 N–H and O–H groups in total. The van der Waals surface area contributed by atoms with Crippen LogP contribution in [0.2, 0.25) is 0 Å². The van der Waals surface area contributed by atoms with Crippen molar-refractivity contribution in [2.24, 2.45) is 0 Å². The maximum absolute atomic E-state index is 8.67. The first-order chi connectivity index (χ1) is 10.8. The normalized spacial score (nSPS) is 10.0. The van der Waals surface area contributed by atoms with Gasteiger partial charge in [0.1, 0.15) is 19.2 Å². The molecule has 4 heteroatoms. The van der Waals surface area contributed by atoms with Crippen LogP contribution in [0.3, 0.4) is 0 Å². The van der Waals surface area contributed by atoms with Gasteiger partial charge < -0.3 is 14.8 Å². The van der Waals surface area contributed by atoms with Gasteiger partial charge in [0.05, 0.1) is 12.2 Å². The first-order valence-electron chi connectivity index (χ1n) is 7.45. The Morgan fingerprint density at radius 2 is 1.86 bits per heavy atom. The van der Waals surface area contributed by atoms with Crippen molar-refractivity contribution in [1.82, 2.24) is 0 Å². The van der Waals surface area contributed by atoms with Gasteiger partial charge in [0.25, 0.3) is 0 Å². The predicted octanol–water partition coefficient (Wildman–Crippen LogP) is 2.25. The number of nitriles is 1. The van der Waals surface area contributed by atoms with E-state index in [0.29, 0.717) is 26.3 Å². The van der Waals surface area contributed by atoms with Gasteiger partial charge in [-0.3, -0.25) is 0 Å². The van der Waals surface area contributed by atoms with Gasteiger partial charge in [-0.1, -0.05) is 36.4 Å². The van der Waals surface area contributed by atoms with E-state index in [1.54, 1.807) is 0 Å². The molecule has 0 fully saturated rings. The van der Waals surface area contributed by atoms with Gasteiger partial charge in [-0.25, -0.2) is 0 Å². The largest absolute Gasteiger partial charge is 0.490 e. The molecule has 0 aliphatic rings. The van der Waals surface area contributed by atoms with Gasteiger partial charge in [-0.2, -0.15) is 5.26 Å². The lowest BCUT2D eigenvalue weighted by atomic mass is 10.1. The SMILES string of the molecule is CCOc1cccc(C[NH2+]CC#N)c1OCc1ccccc1. The Labute approximate surface area is 131 Å². The molecule has 0 aliphatic heterocycles. The molecular weight excluding hydrogens is 276 g/mol. The van der Waals surface area contributed by atoms with Crippen LogP contribution < -0.4 is 14.8 Å². The third-order valence-electron chi connectivity index (χ3n) is 3.19. The van der Waals surface area contributed by atoms with Crippen molar-refractivity contribution in [2.75, 3.05) is 13.2 Å². The van der Waals surface area contributed by atoms with E-state index >= 15 is 0 Å². The molecule has 0 spiro atoms. The van der Waals surface area contributed by atoms with Gasteiger partial charge in [0, 0.05) is 0 Å². The highest BCUT2D eigenvalue weighted by molar-refractivity contribution is 5.46. The first-order valence-corrected chi connectivity index (χ1v) is 7.45. The number of nitrogens with zero attached hydrogens (tertiary/aromatic N) is 1. The van der Waals surface area contributed by atoms with Crippen molar-refractivity contribution in [1.29, 1.82) is 5.26 Å². The Morgan fingerprint density at radius 1 is 1.05 bits per heavy atom. The summed E-state index contributed by atoms with van der Waals surface area (Å²) in [6.07, 6.45) is 0. The summed E-state index contributed by atoms with van der Waals surface area (Å²) in [6.45, 7) is 4.16. The van der Waals surface area contributed by atoms with Gasteiger partial charge in [0.15, 0.2) is 18.0 Å². The van der Waals surface area contributed by atoms with E-state index in [9.17, 15) is 0 Å². The number of benzene rings is 2. The quantitative estimate of drug-likeness (QED) is 0.600. The molecule has 2 aromatic carbocycles. The summed E-state index contributed by atoms with van der Waals surface area (Å²) in [7, 11) is 0. The Bertz CT molecular complexity index is 621. The van der Waals surface area contributed by atoms with Crippen LogP contribution in [0.4, 0.5) is 0 Å². The van der Waals surface area contributed by atoms with Crippen molar-refractivity contribution >= 4 is 0 Å². The Morgan fingerprint density at radius 3 is 2.59 bits per heavy atom. The van der Waals surface area contributed by atoms with Crippen molar-refractivity contribution in [3.63, 3.8) is 0 Å². The molecule has 0 radical (unpaired) electrons. The zero-order valence-corrected chi connectivity index (χ0v) is 12.8. The molecule has 2 aromatic rings. The number of hydrogen-bond donors (Lipinski definition) is 1. The number of rotatable bonds is 8. The lowest BCUT2D eigenvalue weighted by Gasteiger charge is -2.15. The van der Waals surface area contributed by atoms with Crippen LogP contribution >= 0.6 is 0 Å². The van der Waals surface area contributed by atoms with Crippen LogP contribution in [-0.2, 0) is 13.2 Å². The maximum Gasteiger partial charge on any atom is 0.170 e. The van der Waals surface area contributed by atoms with Gasteiger partial charge in [-0.15, -0.1) is 0 Å². The molecule has 22 heavy (non-hydrogen) atoms. The minimum absolute atomic E-state index is 0.428. The lowest BCUT2D eigenvalue weighted by Crippen LogP contribution is -2.82. The third kappa shape index (κ3) is 4.51. The topological polar surface area (TPSA) is 58.9 Å². The molecule has 0 bridgehead atoms. The number of ether oxygens (including phenoxy) is 2. The fraction of sp³-hybridized carbons (Fsp3) is 0.278. The van der Waals surface area contributed by atoms with E-state index < -0.39 is 0 Å². The van der Waals surface area contributed by atoms with Gasteiger partial charge in [-0.05, 0) is 24.6 Å². The predicted molar refractivity (Wildman–Crippen MR) is 84.5 cm³/mol. The molecule has 4 nitrogen and oxygen atoms in total. The van der Waals surface area contributed by atoms with Crippen LogP contribution in [0, 0.1) is 11.3 Å². The Balaban J connectivity index is 2.15. The Kier molecular flexibility index (Phi) is 6.28. The highest BCUT2D eigenvalue weighted by atomic mass is 16.5. The monoisotopic (exact) mass is 297 g/mol. The molecular formula is C18H21N2O2+. The second kappa shape index (κ2) is 8.71. The van der Waals surface area contributed by atoms with Crippen molar-refractivity contribution in [3.8, 4) is 17.6 Å². The minimum Gasteiger partial charge on any atom is -0.490 e. The molecule has 0 saturated heterocycles. The van der Waals surface area contributed by atoms with Gasteiger partial charge in [0.2, 0.25) is 0 Å². The van der Waals surface area contributed by atoms with E-state index in [1.165, 1.54) is 0 Å². The highest BCUT2D eigenvalue weighted by Gasteiger charge is 2.12. The summed E-state index contributed by atoms with van der Waals surface area (Å²) in [6, 6.07) is 18.0. The van der Waals surface area contributed by atoms with Crippen molar-refractivity contribution in [3.05, 3.63) is 59.7 Å². The molecule has 0 saturated carbocycles.